The SMILES string of the molecule is CCOc1ccc(C(=O)NCCN2CCN(S(=O)(=O)c3ccc(C)cc3)CC2)cc1.Cl. The van der Waals surface area contributed by atoms with Gasteiger partial charge in [-0.3, -0.25) is 9.69 Å². The first-order chi connectivity index (χ1) is 14.4. The summed E-state index contributed by atoms with van der Waals surface area (Å²) in [5.41, 5.74) is 1.62. The average Bonchev–Trinajstić information content (AvgIpc) is 2.75. The second-order valence-corrected chi connectivity index (χ2v) is 9.21. The lowest BCUT2D eigenvalue weighted by Gasteiger charge is -2.34. The minimum Gasteiger partial charge on any atom is -0.494 e. The first-order valence-electron chi connectivity index (χ1n) is 10.2. The molecule has 1 amide bonds. The summed E-state index contributed by atoms with van der Waals surface area (Å²) < 4.78 is 32.5. The van der Waals surface area contributed by atoms with Crippen LogP contribution in [0.2, 0.25) is 0 Å². The van der Waals surface area contributed by atoms with Crippen LogP contribution in [0.25, 0.3) is 0 Å². The number of carbonyl (C=O) groups is 1. The molecule has 0 atom stereocenters. The van der Waals surface area contributed by atoms with E-state index in [-0.39, 0.29) is 18.3 Å². The van der Waals surface area contributed by atoms with Crippen molar-refractivity contribution in [1.29, 1.82) is 0 Å². The number of piperazine rings is 1. The Morgan fingerprint density at radius 3 is 2.19 bits per heavy atom. The Morgan fingerprint density at radius 1 is 1.00 bits per heavy atom. The summed E-state index contributed by atoms with van der Waals surface area (Å²) in [7, 11) is -3.45. The summed E-state index contributed by atoms with van der Waals surface area (Å²) in [5.74, 6) is 0.617. The van der Waals surface area contributed by atoms with Crippen molar-refractivity contribution >= 4 is 28.3 Å². The smallest absolute Gasteiger partial charge is 0.251 e. The second-order valence-electron chi connectivity index (χ2n) is 7.27. The third-order valence-electron chi connectivity index (χ3n) is 5.13. The van der Waals surface area contributed by atoms with E-state index in [1.54, 1.807) is 36.4 Å². The Bertz CT molecular complexity index is 942. The Labute approximate surface area is 190 Å². The maximum atomic E-state index is 12.8. The van der Waals surface area contributed by atoms with Crippen molar-refractivity contribution < 1.29 is 17.9 Å². The molecule has 31 heavy (non-hydrogen) atoms. The molecule has 2 aromatic carbocycles. The van der Waals surface area contributed by atoms with E-state index in [1.165, 1.54) is 4.31 Å². The molecule has 9 heteroatoms. The van der Waals surface area contributed by atoms with Crippen LogP contribution in [-0.2, 0) is 10.0 Å². The van der Waals surface area contributed by atoms with Crippen molar-refractivity contribution in [3.63, 3.8) is 0 Å². The molecule has 0 unspecified atom stereocenters. The summed E-state index contributed by atoms with van der Waals surface area (Å²) in [4.78, 5) is 14.8. The highest BCUT2D eigenvalue weighted by Crippen LogP contribution is 2.18. The predicted molar refractivity (Wildman–Crippen MR) is 124 cm³/mol. The van der Waals surface area contributed by atoms with Crippen molar-refractivity contribution in [2.75, 3.05) is 45.9 Å². The molecule has 0 spiro atoms. The van der Waals surface area contributed by atoms with E-state index in [0.717, 1.165) is 11.3 Å². The van der Waals surface area contributed by atoms with Gasteiger partial charge in [0, 0.05) is 44.8 Å². The van der Waals surface area contributed by atoms with Crippen LogP contribution in [-0.4, -0.2) is 69.4 Å². The lowest BCUT2D eigenvalue weighted by Crippen LogP contribution is -2.50. The predicted octanol–water partition coefficient (Wildman–Crippen LogP) is 2.55. The zero-order chi connectivity index (χ0) is 21.6. The van der Waals surface area contributed by atoms with Crippen LogP contribution in [0.15, 0.2) is 53.4 Å². The number of nitrogens with one attached hydrogen (secondary N) is 1. The topological polar surface area (TPSA) is 79.0 Å². The van der Waals surface area contributed by atoms with Crippen LogP contribution in [0.4, 0.5) is 0 Å². The van der Waals surface area contributed by atoms with Gasteiger partial charge in [-0.2, -0.15) is 4.31 Å². The van der Waals surface area contributed by atoms with Gasteiger partial charge in [0.2, 0.25) is 10.0 Å². The molecule has 0 aliphatic carbocycles. The van der Waals surface area contributed by atoms with Gasteiger partial charge in [-0.25, -0.2) is 8.42 Å². The highest BCUT2D eigenvalue weighted by atomic mass is 35.5. The van der Waals surface area contributed by atoms with Gasteiger partial charge in [-0.05, 0) is 50.2 Å². The van der Waals surface area contributed by atoms with Crippen LogP contribution in [0, 0.1) is 6.92 Å². The number of halogens is 1. The van der Waals surface area contributed by atoms with E-state index in [1.807, 2.05) is 26.0 Å². The van der Waals surface area contributed by atoms with Gasteiger partial charge in [0.15, 0.2) is 0 Å². The minimum atomic E-state index is -3.45. The van der Waals surface area contributed by atoms with E-state index >= 15 is 0 Å². The highest BCUT2D eigenvalue weighted by Gasteiger charge is 2.28. The number of nitrogens with zero attached hydrogens (tertiary/aromatic N) is 2. The van der Waals surface area contributed by atoms with Crippen molar-refractivity contribution in [3.05, 3.63) is 59.7 Å². The molecule has 0 bridgehead atoms. The van der Waals surface area contributed by atoms with E-state index in [2.05, 4.69) is 10.2 Å². The Morgan fingerprint density at radius 2 is 1.61 bits per heavy atom. The number of rotatable bonds is 8. The number of sulfonamides is 1. The maximum absolute atomic E-state index is 12.8. The lowest BCUT2D eigenvalue weighted by molar-refractivity contribution is 0.0945. The van der Waals surface area contributed by atoms with Crippen LogP contribution >= 0.6 is 12.4 Å². The Kier molecular flexibility index (Phi) is 9.31. The van der Waals surface area contributed by atoms with Crippen molar-refractivity contribution in [3.8, 4) is 5.75 Å². The zero-order valence-electron chi connectivity index (χ0n) is 17.9. The van der Waals surface area contributed by atoms with Crippen LogP contribution in [0.3, 0.4) is 0 Å². The number of amides is 1. The number of benzene rings is 2. The van der Waals surface area contributed by atoms with E-state index in [0.29, 0.717) is 56.3 Å². The monoisotopic (exact) mass is 467 g/mol. The fraction of sp³-hybridized carbons (Fsp3) is 0.409. The summed E-state index contributed by atoms with van der Waals surface area (Å²) in [5, 5.41) is 2.92. The number of aryl methyl sites for hydroxylation is 1. The molecular formula is C22H30ClN3O4S. The summed E-state index contributed by atoms with van der Waals surface area (Å²) in [6, 6.07) is 14.0. The molecule has 0 radical (unpaired) electrons. The van der Waals surface area contributed by atoms with Gasteiger partial charge in [0.25, 0.3) is 5.91 Å². The number of ether oxygens (including phenoxy) is 1. The quantitative estimate of drug-likeness (QED) is 0.645. The second kappa shape index (κ2) is 11.5. The van der Waals surface area contributed by atoms with Gasteiger partial charge < -0.3 is 10.1 Å². The van der Waals surface area contributed by atoms with Gasteiger partial charge in [0.05, 0.1) is 11.5 Å². The van der Waals surface area contributed by atoms with Gasteiger partial charge in [0.1, 0.15) is 5.75 Å². The van der Waals surface area contributed by atoms with Crippen molar-refractivity contribution in [1.82, 2.24) is 14.5 Å². The molecule has 2 aromatic rings. The molecule has 0 aromatic heterocycles. The highest BCUT2D eigenvalue weighted by molar-refractivity contribution is 7.89. The van der Waals surface area contributed by atoms with E-state index in [4.69, 9.17) is 4.74 Å². The standard InChI is InChI=1S/C22H29N3O4S.ClH/c1-3-29-20-8-6-19(7-9-20)22(26)23-12-13-24-14-16-25(17-15-24)30(27,28)21-10-4-18(2)5-11-21;/h4-11H,3,12-17H2,1-2H3,(H,23,26);1H. The molecule has 1 saturated heterocycles. The normalized spacial score (nSPS) is 15.2. The first kappa shape index (κ1) is 25.1. The van der Waals surface area contributed by atoms with Gasteiger partial charge in [-0.1, -0.05) is 17.7 Å². The zero-order valence-corrected chi connectivity index (χ0v) is 19.5. The lowest BCUT2D eigenvalue weighted by atomic mass is 10.2. The van der Waals surface area contributed by atoms with Crippen molar-refractivity contribution in [2.45, 2.75) is 18.7 Å². The summed E-state index contributed by atoms with van der Waals surface area (Å²) in [6.45, 7) is 7.81. The van der Waals surface area contributed by atoms with Gasteiger partial charge in [-0.15, -0.1) is 12.4 Å². The fourth-order valence-electron chi connectivity index (χ4n) is 3.35. The molecule has 7 nitrogen and oxygen atoms in total. The van der Waals surface area contributed by atoms with Crippen LogP contribution in [0.1, 0.15) is 22.8 Å². The molecular weight excluding hydrogens is 438 g/mol. The number of hydrogen-bond donors (Lipinski definition) is 1. The van der Waals surface area contributed by atoms with Crippen LogP contribution in [0.5, 0.6) is 5.75 Å². The number of hydrogen-bond acceptors (Lipinski definition) is 5. The summed E-state index contributed by atoms with van der Waals surface area (Å²) >= 11 is 0. The molecule has 0 saturated carbocycles. The minimum absolute atomic E-state index is 0. The molecule has 1 fully saturated rings. The number of carbonyl (C=O) groups excluding carboxylic acids is 1. The molecule has 1 aliphatic rings. The summed E-state index contributed by atoms with van der Waals surface area (Å²) in [6.07, 6.45) is 0. The largest absolute Gasteiger partial charge is 0.494 e. The molecule has 1 heterocycles. The van der Waals surface area contributed by atoms with Crippen LogP contribution < -0.4 is 10.1 Å². The third kappa shape index (κ3) is 6.67. The first-order valence-corrected chi connectivity index (χ1v) is 11.6. The third-order valence-corrected chi connectivity index (χ3v) is 7.04. The molecule has 170 valence electrons. The van der Waals surface area contributed by atoms with Gasteiger partial charge >= 0.3 is 0 Å². The molecule has 3 rings (SSSR count). The van der Waals surface area contributed by atoms with Crippen molar-refractivity contribution in [2.24, 2.45) is 0 Å². The maximum Gasteiger partial charge on any atom is 0.251 e. The average molecular weight is 468 g/mol. The fourth-order valence-corrected chi connectivity index (χ4v) is 4.77. The molecule has 1 N–H and O–H groups in total. The van der Waals surface area contributed by atoms with E-state index in [9.17, 15) is 13.2 Å². The Balaban J connectivity index is 0.00000341. The van der Waals surface area contributed by atoms with E-state index < -0.39 is 10.0 Å². The Hall–Kier alpha value is -2.13. The molecule has 1 aliphatic heterocycles.